The second-order valence-electron chi connectivity index (χ2n) is 4.25. The maximum Gasteiger partial charge on any atom is 0.169 e. The molecule has 0 bridgehead atoms. The molecule has 1 unspecified atom stereocenters. The van der Waals surface area contributed by atoms with Gasteiger partial charge >= 0.3 is 0 Å². The van der Waals surface area contributed by atoms with Gasteiger partial charge in [0.2, 0.25) is 0 Å². The Morgan fingerprint density at radius 1 is 1.50 bits per heavy atom. The van der Waals surface area contributed by atoms with Crippen molar-refractivity contribution >= 4 is 33.2 Å². The first-order valence-corrected chi connectivity index (χ1v) is 8.63. The fourth-order valence-electron chi connectivity index (χ4n) is 1.92. The fraction of sp³-hybridized carbons (Fsp3) is 0.600. The molecule has 6 nitrogen and oxygen atoms in total. The van der Waals surface area contributed by atoms with Gasteiger partial charge in [-0.05, 0) is 6.92 Å². The van der Waals surface area contributed by atoms with Gasteiger partial charge in [0.25, 0.3) is 0 Å². The van der Waals surface area contributed by atoms with E-state index in [9.17, 15) is 8.42 Å². The largest absolute Gasteiger partial charge is 0.384 e. The quantitative estimate of drug-likeness (QED) is 0.836. The first-order valence-electron chi connectivity index (χ1n) is 5.52. The minimum atomic E-state index is -3.15. The number of aryl methyl sites for hydroxylation is 1. The third-order valence-electron chi connectivity index (χ3n) is 2.72. The zero-order valence-corrected chi connectivity index (χ0v) is 12.0. The lowest BCUT2D eigenvalue weighted by Gasteiger charge is -2.35. The van der Waals surface area contributed by atoms with Gasteiger partial charge in [0.05, 0.1) is 0 Å². The maximum absolute atomic E-state index is 11.8. The topological polar surface area (TPSA) is 89.2 Å². The van der Waals surface area contributed by atoms with E-state index in [2.05, 4.69) is 9.97 Å². The summed E-state index contributed by atoms with van der Waals surface area (Å²) in [6.45, 7) is 2.40. The molecule has 1 aromatic rings. The summed E-state index contributed by atoms with van der Waals surface area (Å²) in [5.41, 5.74) is 5.69. The van der Waals surface area contributed by atoms with Crippen molar-refractivity contribution in [2.45, 2.75) is 12.3 Å². The Kier molecular flexibility index (Phi) is 3.67. The van der Waals surface area contributed by atoms with Crippen LogP contribution < -0.4 is 10.6 Å². The van der Waals surface area contributed by atoms with Crippen LogP contribution in [0.5, 0.6) is 0 Å². The van der Waals surface area contributed by atoms with Crippen molar-refractivity contribution in [3.63, 3.8) is 0 Å². The lowest BCUT2D eigenvalue weighted by Crippen LogP contribution is -2.47. The van der Waals surface area contributed by atoms with E-state index in [0.717, 1.165) is 5.75 Å². The molecular weight excluding hydrogens is 272 g/mol. The second-order valence-corrected chi connectivity index (χ2v) is 7.60. The molecule has 8 heteroatoms. The van der Waals surface area contributed by atoms with Crippen LogP contribution in [0, 0.1) is 6.92 Å². The highest BCUT2D eigenvalue weighted by molar-refractivity contribution is 8.01. The van der Waals surface area contributed by atoms with Gasteiger partial charge in [0, 0.05) is 30.4 Å². The van der Waals surface area contributed by atoms with Crippen LogP contribution in [0.3, 0.4) is 0 Å². The van der Waals surface area contributed by atoms with Gasteiger partial charge in [-0.2, -0.15) is 11.8 Å². The third kappa shape index (κ3) is 2.86. The summed E-state index contributed by atoms with van der Waals surface area (Å²) in [5.74, 6) is 2.95. The molecule has 0 radical (unpaired) electrons. The smallest absolute Gasteiger partial charge is 0.169 e. The standard InChI is InChI=1S/C10H16N4O2S2/c1-7-12-8(11)5-9(13-7)14-3-4-17-6-10(14)18(2,15)16/h5,10H,3-4,6H2,1-2H3,(H2,11,12,13). The lowest BCUT2D eigenvalue weighted by atomic mass is 10.4. The van der Waals surface area contributed by atoms with E-state index >= 15 is 0 Å². The van der Waals surface area contributed by atoms with Gasteiger partial charge < -0.3 is 10.6 Å². The van der Waals surface area contributed by atoms with Gasteiger partial charge in [-0.25, -0.2) is 18.4 Å². The van der Waals surface area contributed by atoms with Crippen molar-refractivity contribution in [3.8, 4) is 0 Å². The molecule has 0 aliphatic carbocycles. The van der Waals surface area contributed by atoms with E-state index in [-0.39, 0.29) is 0 Å². The van der Waals surface area contributed by atoms with E-state index in [1.807, 2.05) is 0 Å². The van der Waals surface area contributed by atoms with Gasteiger partial charge in [-0.1, -0.05) is 0 Å². The van der Waals surface area contributed by atoms with E-state index in [0.29, 0.717) is 29.8 Å². The predicted octanol–water partition coefficient (Wildman–Crippen LogP) is 0.291. The first-order chi connectivity index (χ1) is 8.38. The van der Waals surface area contributed by atoms with Crippen molar-refractivity contribution in [2.24, 2.45) is 0 Å². The molecule has 2 rings (SSSR count). The molecule has 1 atom stereocenters. The average Bonchev–Trinajstić information content (AvgIpc) is 2.26. The minimum Gasteiger partial charge on any atom is -0.384 e. The summed E-state index contributed by atoms with van der Waals surface area (Å²) in [5, 5.41) is -0.537. The van der Waals surface area contributed by atoms with Gasteiger partial charge in [0.1, 0.15) is 22.8 Å². The molecular formula is C10H16N4O2S2. The van der Waals surface area contributed by atoms with E-state index in [1.165, 1.54) is 6.26 Å². The van der Waals surface area contributed by atoms with Crippen molar-refractivity contribution in [2.75, 3.05) is 34.9 Å². The summed E-state index contributed by atoms with van der Waals surface area (Å²) in [4.78, 5) is 10.1. The predicted molar refractivity (Wildman–Crippen MR) is 74.5 cm³/mol. The minimum absolute atomic E-state index is 0.364. The lowest BCUT2D eigenvalue weighted by molar-refractivity contribution is 0.583. The Morgan fingerprint density at radius 2 is 2.22 bits per heavy atom. The van der Waals surface area contributed by atoms with Crippen LogP contribution in [-0.4, -0.2) is 48.1 Å². The van der Waals surface area contributed by atoms with Crippen molar-refractivity contribution in [3.05, 3.63) is 11.9 Å². The zero-order chi connectivity index (χ0) is 13.3. The number of hydrogen-bond donors (Lipinski definition) is 1. The van der Waals surface area contributed by atoms with Crippen LogP contribution in [0.4, 0.5) is 11.6 Å². The molecule has 2 N–H and O–H groups in total. The number of thioether (sulfide) groups is 1. The zero-order valence-electron chi connectivity index (χ0n) is 10.3. The highest BCUT2D eigenvalue weighted by Gasteiger charge is 2.32. The van der Waals surface area contributed by atoms with Crippen molar-refractivity contribution in [1.82, 2.24) is 9.97 Å². The number of sulfone groups is 1. The summed E-state index contributed by atoms with van der Waals surface area (Å²) >= 11 is 1.64. The molecule has 2 heterocycles. The SMILES string of the molecule is Cc1nc(N)cc(N2CCSCC2S(C)(=O)=O)n1. The summed E-state index contributed by atoms with van der Waals surface area (Å²) in [6.07, 6.45) is 1.26. The molecule has 0 aromatic carbocycles. The van der Waals surface area contributed by atoms with Crippen LogP contribution >= 0.6 is 11.8 Å². The Bertz CT molecular complexity index is 527. The molecule has 100 valence electrons. The highest BCUT2D eigenvalue weighted by atomic mass is 32.2. The van der Waals surface area contributed by atoms with Crippen molar-refractivity contribution < 1.29 is 8.42 Å². The number of nitrogens with zero attached hydrogens (tertiary/aromatic N) is 3. The summed E-state index contributed by atoms with van der Waals surface area (Å²) in [6, 6.07) is 1.63. The molecule has 18 heavy (non-hydrogen) atoms. The fourth-order valence-corrected chi connectivity index (χ4v) is 4.75. The molecule has 1 aromatic heterocycles. The Morgan fingerprint density at radius 3 is 2.83 bits per heavy atom. The number of rotatable bonds is 2. The number of nitrogen functional groups attached to an aromatic ring is 1. The number of nitrogens with two attached hydrogens (primary N) is 1. The number of aromatic nitrogens is 2. The van der Waals surface area contributed by atoms with Gasteiger partial charge in [-0.15, -0.1) is 0 Å². The Hall–Kier alpha value is -1.02. The Labute approximate surface area is 111 Å². The molecule has 0 saturated carbocycles. The van der Waals surface area contributed by atoms with Crippen LogP contribution in [0.25, 0.3) is 0 Å². The third-order valence-corrected chi connectivity index (χ3v) is 5.36. The number of hydrogen-bond acceptors (Lipinski definition) is 7. The molecule has 1 aliphatic rings. The van der Waals surface area contributed by atoms with E-state index in [4.69, 9.17) is 5.73 Å². The van der Waals surface area contributed by atoms with Crippen LogP contribution in [0.2, 0.25) is 0 Å². The average molecular weight is 288 g/mol. The van der Waals surface area contributed by atoms with Gasteiger partial charge in [-0.3, -0.25) is 0 Å². The molecule has 0 spiro atoms. The Balaban J connectivity index is 2.40. The molecule has 1 saturated heterocycles. The van der Waals surface area contributed by atoms with Crippen molar-refractivity contribution in [1.29, 1.82) is 0 Å². The summed E-state index contributed by atoms with van der Waals surface area (Å²) in [7, 11) is -3.15. The van der Waals surface area contributed by atoms with E-state index in [1.54, 1.807) is 29.7 Å². The van der Waals surface area contributed by atoms with Gasteiger partial charge in [0.15, 0.2) is 9.84 Å². The van der Waals surface area contributed by atoms with Crippen LogP contribution in [-0.2, 0) is 9.84 Å². The van der Waals surface area contributed by atoms with Crippen LogP contribution in [0.15, 0.2) is 6.07 Å². The second kappa shape index (κ2) is 4.93. The molecule has 0 amide bonds. The normalized spacial score (nSPS) is 21.0. The monoisotopic (exact) mass is 288 g/mol. The summed E-state index contributed by atoms with van der Waals surface area (Å²) < 4.78 is 23.6. The molecule has 1 fully saturated rings. The highest BCUT2D eigenvalue weighted by Crippen LogP contribution is 2.26. The molecule has 1 aliphatic heterocycles. The van der Waals surface area contributed by atoms with Crippen LogP contribution in [0.1, 0.15) is 5.82 Å². The van der Waals surface area contributed by atoms with E-state index < -0.39 is 15.2 Å². The number of anilines is 2. The maximum atomic E-state index is 11.8. The first kappa shape index (κ1) is 13.4.